The molecule has 3 aliphatic rings. The molecule has 2 atom stereocenters. The molecule has 164 valence electrons. The molecular formula is C23H33N3O4. The molecule has 1 aromatic heterocycles. The highest BCUT2D eigenvalue weighted by Crippen LogP contribution is 2.29. The summed E-state index contributed by atoms with van der Waals surface area (Å²) in [6.45, 7) is 4.08. The van der Waals surface area contributed by atoms with Crippen molar-refractivity contribution in [3.8, 4) is 0 Å². The fourth-order valence-electron chi connectivity index (χ4n) is 4.98. The topological polar surface area (TPSA) is 91.8 Å². The van der Waals surface area contributed by atoms with Crippen molar-refractivity contribution in [1.29, 1.82) is 0 Å². The van der Waals surface area contributed by atoms with Gasteiger partial charge in [0.2, 0.25) is 5.91 Å². The van der Waals surface area contributed by atoms with E-state index in [9.17, 15) is 14.7 Å². The Labute approximate surface area is 178 Å². The Morgan fingerprint density at radius 3 is 2.73 bits per heavy atom. The lowest BCUT2D eigenvalue weighted by Crippen LogP contribution is -2.49. The minimum absolute atomic E-state index is 0.156. The monoisotopic (exact) mass is 415 g/mol. The number of carbonyl (C=O) groups is 2. The maximum atomic E-state index is 12.9. The molecule has 0 unspecified atom stereocenters. The Morgan fingerprint density at radius 1 is 1.23 bits per heavy atom. The van der Waals surface area contributed by atoms with Gasteiger partial charge in [-0.3, -0.25) is 9.59 Å². The van der Waals surface area contributed by atoms with Crippen LogP contribution in [0.2, 0.25) is 0 Å². The summed E-state index contributed by atoms with van der Waals surface area (Å²) in [7, 11) is 0. The predicted molar refractivity (Wildman–Crippen MR) is 112 cm³/mol. The molecule has 2 N–H and O–H groups in total. The minimum Gasteiger partial charge on any atom is -0.389 e. The smallest absolute Gasteiger partial charge is 0.270 e. The van der Waals surface area contributed by atoms with Crippen molar-refractivity contribution in [2.45, 2.75) is 70.4 Å². The van der Waals surface area contributed by atoms with Crippen molar-refractivity contribution >= 4 is 11.8 Å². The van der Waals surface area contributed by atoms with Crippen LogP contribution in [-0.4, -0.2) is 65.3 Å². The summed E-state index contributed by atoms with van der Waals surface area (Å²) in [5.41, 5.74) is 4.11. The summed E-state index contributed by atoms with van der Waals surface area (Å²) in [5, 5.41) is 13.1. The number of ether oxygens (including phenoxy) is 1. The summed E-state index contributed by atoms with van der Waals surface area (Å²) in [4.78, 5) is 31.2. The Morgan fingerprint density at radius 2 is 2.00 bits per heavy atom. The number of likely N-dealkylation sites (tertiary alicyclic amines) is 1. The molecule has 30 heavy (non-hydrogen) atoms. The molecule has 2 aliphatic heterocycles. The second kappa shape index (κ2) is 9.43. The van der Waals surface area contributed by atoms with Crippen molar-refractivity contribution in [3.05, 3.63) is 28.6 Å². The summed E-state index contributed by atoms with van der Waals surface area (Å²) in [5.74, 6) is 0.480. The van der Waals surface area contributed by atoms with Crippen molar-refractivity contribution in [2.75, 3.05) is 26.3 Å². The third-order valence-corrected chi connectivity index (χ3v) is 6.84. The number of amides is 2. The molecular weight excluding hydrogens is 382 g/mol. The van der Waals surface area contributed by atoms with E-state index in [0.717, 1.165) is 57.3 Å². The molecule has 0 saturated carbocycles. The maximum absolute atomic E-state index is 12.9. The fourth-order valence-corrected chi connectivity index (χ4v) is 4.98. The third kappa shape index (κ3) is 4.83. The van der Waals surface area contributed by atoms with Gasteiger partial charge < -0.3 is 20.1 Å². The summed E-state index contributed by atoms with van der Waals surface area (Å²) < 4.78 is 5.26. The molecule has 4 rings (SSSR count). The number of aryl methyl sites for hydroxylation is 1. The largest absolute Gasteiger partial charge is 0.389 e. The third-order valence-electron chi connectivity index (χ3n) is 6.84. The average Bonchev–Trinajstić information content (AvgIpc) is 2.75. The number of hydrogen-bond acceptors (Lipinski definition) is 5. The fraction of sp³-hybridized carbons (Fsp3) is 0.696. The van der Waals surface area contributed by atoms with Gasteiger partial charge in [0.1, 0.15) is 5.69 Å². The van der Waals surface area contributed by atoms with Crippen LogP contribution in [0, 0.1) is 5.92 Å². The van der Waals surface area contributed by atoms with Gasteiger partial charge in [0, 0.05) is 32.3 Å². The van der Waals surface area contributed by atoms with Crippen molar-refractivity contribution in [1.82, 2.24) is 15.2 Å². The molecule has 2 amide bonds. The minimum atomic E-state index is -0.675. The van der Waals surface area contributed by atoms with Gasteiger partial charge in [-0.1, -0.05) is 0 Å². The predicted octanol–water partition coefficient (Wildman–Crippen LogP) is 1.64. The first-order valence-electron chi connectivity index (χ1n) is 11.3. The second-order valence-corrected chi connectivity index (χ2v) is 8.96. The number of aliphatic hydroxyl groups is 1. The first-order chi connectivity index (χ1) is 14.5. The quantitative estimate of drug-likeness (QED) is 0.780. The van der Waals surface area contributed by atoms with Crippen LogP contribution in [0.15, 0.2) is 6.07 Å². The number of hydrogen-bond donors (Lipinski definition) is 2. The van der Waals surface area contributed by atoms with Gasteiger partial charge >= 0.3 is 0 Å². The van der Waals surface area contributed by atoms with E-state index in [4.69, 9.17) is 9.72 Å². The van der Waals surface area contributed by atoms with Crippen LogP contribution < -0.4 is 5.32 Å². The Kier molecular flexibility index (Phi) is 6.68. The van der Waals surface area contributed by atoms with E-state index in [1.54, 1.807) is 6.92 Å². The van der Waals surface area contributed by atoms with Crippen molar-refractivity contribution in [3.63, 3.8) is 0 Å². The van der Waals surface area contributed by atoms with Crippen LogP contribution >= 0.6 is 0 Å². The number of aromatic nitrogens is 1. The highest BCUT2D eigenvalue weighted by Gasteiger charge is 2.28. The average molecular weight is 416 g/mol. The molecule has 7 heteroatoms. The standard InChI is InChI=1S/C23H33N3O4/c1-15(27)26-9-6-16(7-10-26)12-17-13-21(24-19-5-3-2-4-18(17)19)23(29)25-20-8-11-30-14-22(20)28/h13,16,20,22,28H,2-12,14H2,1H3,(H,25,29)/t20-,22-/m0/s1. The van der Waals surface area contributed by atoms with Gasteiger partial charge in [-0.25, -0.2) is 4.98 Å². The SMILES string of the molecule is CC(=O)N1CCC(Cc2cc(C(=O)N[C@H]3CCOC[C@@H]3O)nc3c2CCCC3)CC1. The lowest BCUT2D eigenvalue weighted by molar-refractivity contribution is -0.130. The van der Waals surface area contributed by atoms with E-state index in [1.165, 1.54) is 17.5 Å². The summed E-state index contributed by atoms with van der Waals surface area (Å²) in [6, 6.07) is 1.69. The number of nitrogens with one attached hydrogen (secondary N) is 1. The van der Waals surface area contributed by atoms with Crippen LogP contribution in [0.1, 0.15) is 66.3 Å². The Bertz CT molecular complexity index is 789. The summed E-state index contributed by atoms with van der Waals surface area (Å²) >= 11 is 0. The van der Waals surface area contributed by atoms with Gasteiger partial charge in [-0.05, 0) is 74.5 Å². The first kappa shape index (κ1) is 21.2. The lowest BCUT2D eigenvalue weighted by atomic mass is 9.84. The molecule has 0 bridgehead atoms. The maximum Gasteiger partial charge on any atom is 0.270 e. The van der Waals surface area contributed by atoms with E-state index in [0.29, 0.717) is 24.6 Å². The molecule has 7 nitrogen and oxygen atoms in total. The number of aliphatic hydroxyl groups excluding tert-OH is 1. The first-order valence-corrected chi connectivity index (χ1v) is 11.3. The van der Waals surface area contributed by atoms with Crippen LogP contribution in [0.4, 0.5) is 0 Å². The highest BCUT2D eigenvalue weighted by atomic mass is 16.5. The van der Waals surface area contributed by atoms with E-state index in [2.05, 4.69) is 5.32 Å². The second-order valence-electron chi connectivity index (χ2n) is 8.96. The molecule has 2 saturated heterocycles. The van der Waals surface area contributed by atoms with E-state index in [-0.39, 0.29) is 24.5 Å². The van der Waals surface area contributed by atoms with E-state index < -0.39 is 6.10 Å². The zero-order valence-corrected chi connectivity index (χ0v) is 17.9. The van der Waals surface area contributed by atoms with Gasteiger partial charge in [-0.2, -0.15) is 0 Å². The van der Waals surface area contributed by atoms with Gasteiger partial charge in [0.05, 0.1) is 18.8 Å². The lowest BCUT2D eigenvalue weighted by Gasteiger charge is -2.32. The molecule has 1 aromatic rings. The molecule has 0 radical (unpaired) electrons. The van der Waals surface area contributed by atoms with Crippen molar-refractivity contribution in [2.24, 2.45) is 5.92 Å². The molecule has 2 fully saturated rings. The van der Waals surface area contributed by atoms with Gasteiger partial charge in [0.25, 0.3) is 5.91 Å². The van der Waals surface area contributed by atoms with Crippen LogP contribution in [0.25, 0.3) is 0 Å². The molecule has 3 heterocycles. The van der Waals surface area contributed by atoms with Crippen LogP contribution in [0.3, 0.4) is 0 Å². The van der Waals surface area contributed by atoms with Gasteiger partial charge in [-0.15, -0.1) is 0 Å². The van der Waals surface area contributed by atoms with Crippen LogP contribution in [-0.2, 0) is 28.8 Å². The van der Waals surface area contributed by atoms with Crippen molar-refractivity contribution < 1.29 is 19.4 Å². The molecule has 0 aromatic carbocycles. The van der Waals surface area contributed by atoms with E-state index >= 15 is 0 Å². The zero-order chi connectivity index (χ0) is 21.1. The molecule has 1 aliphatic carbocycles. The van der Waals surface area contributed by atoms with Gasteiger partial charge in [0.15, 0.2) is 0 Å². The molecule has 0 spiro atoms. The number of piperidine rings is 1. The zero-order valence-electron chi connectivity index (χ0n) is 17.9. The summed E-state index contributed by atoms with van der Waals surface area (Å²) in [6.07, 6.45) is 7.13. The Balaban J connectivity index is 1.50. The Hall–Kier alpha value is -1.99. The van der Waals surface area contributed by atoms with E-state index in [1.807, 2.05) is 11.0 Å². The van der Waals surface area contributed by atoms with Crippen LogP contribution in [0.5, 0.6) is 0 Å². The highest BCUT2D eigenvalue weighted by molar-refractivity contribution is 5.93. The number of nitrogens with zero attached hydrogens (tertiary/aromatic N) is 2. The number of carbonyl (C=O) groups excluding carboxylic acids is 2. The normalized spacial score (nSPS) is 24.9. The number of fused-ring (bicyclic) bond motifs is 1. The number of pyridine rings is 1. The number of rotatable bonds is 4.